The lowest BCUT2D eigenvalue weighted by atomic mass is 9.62. The number of carbonyl (C=O) groups is 2. The van der Waals surface area contributed by atoms with Gasteiger partial charge in [0, 0.05) is 36.3 Å². The molecule has 0 saturated carbocycles. The quantitative estimate of drug-likeness (QED) is 0.367. The SMILES string of the molecule is CCC#CCC1=C(C)[C@](O)(/C=C/C(C)=C\C(=O)OC)C(C)(C)CC1=O. The number of hydrogen-bond acceptors (Lipinski definition) is 4. The molecule has 0 fully saturated rings. The largest absolute Gasteiger partial charge is 0.466 e. The third kappa shape index (κ3) is 4.70. The third-order valence-electron chi connectivity index (χ3n) is 4.70. The summed E-state index contributed by atoms with van der Waals surface area (Å²) >= 11 is 0. The van der Waals surface area contributed by atoms with Gasteiger partial charge in [0.05, 0.1) is 7.11 Å². The number of aliphatic hydroxyl groups is 1. The lowest BCUT2D eigenvalue weighted by Crippen LogP contribution is -2.49. The summed E-state index contributed by atoms with van der Waals surface area (Å²) in [6.07, 6.45) is 6.03. The van der Waals surface area contributed by atoms with Crippen LogP contribution in [0.1, 0.15) is 53.9 Å². The Hall–Kier alpha value is -2.12. The number of ketones is 1. The molecule has 0 bridgehead atoms. The molecule has 0 radical (unpaired) electrons. The first kappa shape index (κ1) is 20.9. The molecule has 0 amide bonds. The summed E-state index contributed by atoms with van der Waals surface area (Å²) in [6, 6.07) is 0. The van der Waals surface area contributed by atoms with Crippen LogP contribution in [0.2, 0.25) is 0 Å². The van der Waals surface area contributed by atoms with Crippen molar-refractivity contribution in [1.29, 1.82) is 0 Å². The van der Waals surface area contributed by atoms with Gasteiger partial charge in [0.2, 0.25) is 0 Å². The maximum Gasteiger partial charge on any atom is 0.330 e. The van der Waals surface area contributed by atoms with Crippen LogP contribution in [0.5, 0.6) is 0 Å². The van der Waals surface area contributed by atoms with Crippen molar-refractivity contribution in [2.45, 2.75) is 59.5 Å². The highest BCUT2D eigenvalue weighted by Crippen LogP contribution is 2.47. The molecule has 1 aliphatic carbocycles. The first-order valence-electron chi connectivity index (χ1n) is 8.46. The zero-order valence-corrected chi connectivity index (χ0v) is 16.0. The summed E-state index contributed by atoms with van der Waals surface area (Å²) in [6.45, 7) is 9.23. The van der Waals surface area contributed by atoms with Crippen LogP contribution in [0.3, 0.4) is 0 Å². The zero-order chi connectivity index (χ0) is 19.3. The van der Waals surface area contributed by atoms with E-state index in [1.165, 1.54) is 13.2 Å². The Morgan fingerprint density at radius 2 is 2.00 bits per heavy atom. The van der Waals surface area contributed by atoms with Gasteiger partial charge in [0.25, 0.3) is 0 Å². The van der Waals surface area contributed by atoms with Crippen molar-refractivity contribution in [2.24, 2.45) is 5.41 Å². The van der Waals surface area contributed by atoms with Crippen LogP contribution in [-0.2, 0) is 14.3 Å². The van der Waals surface area contributed by atoms with Crippen LogP contribution >= 0.6 is 0 Å². The molecule has 25 heavy (non-hydrogen) atoms. The minimum absolute atomic E-state index is 0.0350. The van der Waals surface area contributed by atoms with Crippen LogP contribution in [0.25, 0.3) is 0 Å². The molecule has 136 valence electrons. The van der Waals surface area contributed by atoms with E-state index in [1.54, 1.807) is 26.0 Å². The Morgan fingerprint density at radius 1 is 1.36 bits per heavy atom. The lowest BCUT2D eigenvalue weighted by Gasteiger charge is -2.45. The standard InChI is InChI=1S/C21H28O4/c1-7-8-9-10-17-16(3)21(24,20(4,5)14-18(17)22)12-11-15(2)13-19(23)25-6/h11-13,24H,7,10,14H2,1-6H3/b12-11+,15-13-/t21-/m1/s1. The van der Waals surface area contributed by atoms with Gasteiger partial charge in [-0.3, -0.25) is 4.79 Å². The van der Waals surface area contributed by atoms with Crippen molar-refractivity contribution in [3.05, 3.63) is 34.9 Å². The van der Waals surface area contributed by atoms with Crippen molar-refractivity contribution >= 4 is 11.8 Å². The molecule has 4 heteroatoms. The summed E-state index contributed by atoms with van der Waals surface area (Å²) < 4.78 is 4.61. The molecule has 0 aromatic carbocycles. The molecule has 0 aromatic heterocycles. The second-order valence-corrected chi connectivity index (χ2v) is 6.98. The summed E-state index contributed by atoms with van der Waals surface area (Å²) in [5.74, 6) is 5.55. The molecule has 0 spiro atoms. The van der Waals surface area contributed by atoms with Crippen LogP contribution in [0.4, 0.5) is 0 Å². The van der Waals surface area contributed by atoms with Crippen molar-refractivity contribution in [3.63, 3.8) is 0 Å². The molecule has 0 heterocycles. The Balaban J connectivity index is 3.32. The van der Waals surface area contributed by atoms with Gasteiger partial charge < -0.3 is 9.84 Å². The number of ether oxygens (including phenoxy) is 1. The molecule has 0 unspecified atom stereocenters. The number of hydrogen-bond donors (Lipinski definition) is 1. The lowest BCUT2D eigenvalue weighted by molar-refractivity contribution is -0.134. The molecule has 0 saturated heterocycles. The van der Waals surface area contributed by atoms with Gasteiger partial charge in [0.1, 0.15) is 5.60 Å². The minimum atomic E-state index is -1.28. The fourth-order valence-electron chi connectivity index (χ4n) is 2.99. The minimum Gasteiger partial charge on any atom is -0.466 e. The summed E-state index contributed by atoms with van der Waals surface area (Å²) in [4.78, 5) is 23.8. The van der Waals surface area contributed by atoms with E-state index in [-0.39, 0.29) is 12.2 Å². The third-order valence-corrected chi connectivity index (χ3v) is 4.70. The molecular formula is C21H28O4. The molecule has 0 aliphatic heterocycles. The average molecular weight is 344 g/mol. The first-order valence-corrected chi connectivity index (χ1v) is 8.46. The van der Waals surface area contributed by atoms with E-state index in [1.807, 2.05) is 20.8 Å². The van der Waals surface area contributed by atoms with Crippen LogP contribution in [-0.4, -0.2) is 29.6 Å². The Labute approximate surface area is 150 Å². The van der Waals surface area contributed by atoms with Gasteiger partial charge in [-0.25, -0.2) is 4.79 Å². The number of rotatable bonds is 4. The molecular weight excluding hydrogens is 316 g/mol. The van der Waals surface area contributed by atoms with E-state index >= 15 is 0 Å². The molecule has 1 aliphatic rings. The molecule has 4 nitrogen and oxygen atoms in total. The van der Waals surface area contributed by atoms with Crippen LogP contribution < -0.4 is 0 Å². The average Bonchev–Trinajstić information content (AvgIpc) is 2.54. The van der Waals surface area contributed by atoms with Gasteiger partial charge in [0.15, 0.2) is 5.78 Å². The van der Waals surface area contributed by atoms with E-state index in [9.17, 15) is 14.7 Å². The van der Waals surface area contributed by atoms with Crippen molar-refractivity contribution < 1.29 is 19.4 Å². The summed E-state index contributed by atoms with van der Waals surface area (Å²) in [5.41, 5.74) is -0.0656. The Bertz CT molecular complexity index is 695. The van der Waals surface area contributed by atoms with Crippen molar-refractivity contribution in [1.82, 2.24) is 0 Å². The smallest absolute Gasteiger partial charge is 0.330 e. The van der Waals surface area contributed by atoms with Crippen molar-refractivity contribution in [3.8, 4) is 11.8 Å². The second kappa shape index (κ2) is 8.31. The van der Waals surface area contributed by atoms with Gasteiger partial charge >= 0.3 is 5.97 Å². The van der Waals surface area contributed by atoms with E-state index in [0.29, 0.717) is 23.1 Å². The highest BCUT2D eigenvalue weighted by atomic mass is 16.5. The zero-order valence-electron chi connectivity index (χ0n) is 16.0. The molecule has 0 aromatic rings. The molecule has 1 atom stereocenters. The number of carbonyl (C=O) groups excluding carboxylic acids is 2. The molecule has 1 N–H and O–H groups in total. The van der Waals surface area contributed by atoms with Gasteiger partial charge in [-0.2, -0.15) is 0 Å². The fraction of sp³-hybridized carbons (Fsp3) is 0.524. The maximum atomic E-state index is 12.5. The van der Waals surface area contributed by atoms with E-state index in [2.05, 4.69) is 16.6 Å². The van der Waals surface area contributed by atoms with Gasteiger partial charge in [-0.15, -0.1) is 5.92 Å². The van der Waals surface area contributed by atoms with E-state index in [0.717, 1.165) is 6.42 Å². The molecule has 1 rings (SSSR count). The van der Waals surface area contributed by atoms with E-state index < -0.39 is 17.0 Å². The second-order valence-electron chi connectivity index (χ2n) is 6.98. The monoisotopic (exact) mass is 344 g/mol. The van der Waals surface area contributed by atoms with Gasteiger partial charge in [-0.05, 0) is 31.1 Å². The topological polar surface area (TPSA) is 63.6 Å². The van der Waals surface area contributed by atoms with E-state index in [4.69, 9.17) is 0 Å². The van der Waals surface area contributed by atoms with Crippen LogP contribution in [0.15, 0.2) is 34.9 Å². The number of Topliss-reactive ketones (excluding diaryl/α,β-unsaturated/α-hetero) is 1. The van der Waals surface area contributed by atoms with Crippen LogP contribution in [0, 0.1) is 17.3 Å². The first-order chi connectivity index (χ1) is 11.6. The van der Waals surface area contributed by atoms with Crippen molar-refractivity contribution in [2.75, 3.05) is 7.11 Å². The number of methoxy groups -OCH3 is 1. The summed E-state index contributed by atoms with van der Waals surface area (Å²) in [5, 5.41) is 11.4. The predicted molar refractivity (Wildman–Crippen MR) is 98.7 cm³/mol. The predicted octanol–water partition coefficient (Wildman–Crippen LogP) is 3.51. The van der Waals surface area contributed by atoms with Gasteiger partial charge in [-0.1, -0.05) is 32.8 Å². The normalized spacial score (nSPS) is 23.5. The number of allylic oxidation sites excluding steroid dienone is 3. The Morgan fingerprint density at radius 3 is 2.56 bits per heavy atom. The maximum absolute atomic E-state index is 12.5. The summed E-state index contributed by atoms with van der Waals surface area (Å²) in [7, 11) is 1.32. The Kier molecular flexibility index (Phi) is 6.96. The fourth-order valence-corrected chi connectivity index (χ4v) is 2.99. The number of esters is 1. The highest BCUT2D eigenvalue weighted by molar-refractivity contribution is 5.98. The highest BCUT2D eigenvalue weighted by Gasteiger charge is 2.49.